The van der Waals surface area contributed by atoms with Crippen molar-refractivity contribution in [3.05, 3.63) is 72.8 Å². The molecular formula is C24H24P2S. The van der Waals surface area contributed by atoms with E-state index in [0.717, 1.165) is 0 Å². The molecule has 3 heteroatoms. The van der Waals surface area contributed by atoms with Crippen molar-refractivity contribution in [2.45, 2.75) is 9.79 Å². The number of benzene rings is 4. The summed E-state index contributed by atoms with van der Waals surface area (Å²) in [5.74, 6) is 0. The third kappa shape index (κ3) is 3.66. The Balaban J connectivity index is 2.00. The lowest BCUT2D eigenvalue weighted by atomic mass is 10.1. The fraction of sp³-hybridized carbons (Fsp3) is 0.167. The molecule has 0 heterocycles. The molecule has 4 aromatic carbocycles. The highest BCUT2D eigenvalue weighted by molar-refractivity contribution is 8.01. The largest absolute Gasteiger partial charge is 0.0874 e. The second-order valence-corrected chi connectivity index (χ2v) is 12.7. The summed E-state index contributed by atoms with van der Waals surface area (Å²) in [6.45, 7) is 9.44. The van der Waals surface area contributed by atoms with Crippen molar-refractivity contribution in [1.82, 2.24) is 0 Å². The topological polar surface area (TPSA) is 0 Å². The van der Waals surface area contributed by atoms with Crippen molar-refractivity contribution >= 4 is 59.8 Å². The maximum Gasteiger partial charge on any atom is 0.0277 e. The van der Waals surface area contributed by atoms with Crippen LogP contribution in [-0.4, -0.2) is 26.7 Å². The summed E-state index contributed by atoms with van der Waals surface area (Å²) in [6.07, 6.45) is 0. The fourth-order valence-electron chi connectivity index (χ4n) is 3.48. The van der Waals surface area contributed by atoms with Gasteiger partial charge in [-0.3, -0.25) is 0 Å². The maximum absolute atomic E-state index is 2.36. The second-order valence-electron chi connectivity index (χ2n) is 7.16. The second kappa shape index (κ2) is 7.92. The van der Waals surface area contributed by atoms with Gasteiger partial charge in [-0.15, -0.1) is 0 Å². The first-order chi connectivity index (χ1) is 13.1. The molecular weight excluding hydrogens is 382 g/mol. The molecule has 0 N–H and O–H groups in total. The molecule has 0 radical (unpaired) electrons. The van der Waals surface area contributed by atoms with Crippen LogP contribution in [0.25, 0.3) is 21.5 Å². The Morgan fingerprint density at radius 2 is 0.926 bits per heavy atom. The van der Waals surface area contributed by atoms with Gasteiger partial charge >= 0.3 is 0 Å². The lowest BCUT2D eigenvalue weighted by molar-refractivity contribution is 1.55. The number of hydrogen-bond donors (Lipinski definition) is 0. The van der Waals surface area contributed by atoms with Gasteiger partial charge in [0, 0.05) is 9.79 Å². The monoisotopic (exact) mass is 406 g/mol. The van der Waals surface area contributed by atoms with Crippen molar-refractivity contribution < 1.29 is 0 Å². The molecule has 0 aliphatic rings. The highest BCUT2D eigenvalue weighted by atomic mass is 32.2. The van der Waals surface area contributed by atoms with Gasteiger partial charge in [0.2, 0.25) is 0 Å². The lowest BCUT2D eigenvalue weighted by Gasteiger charge is -2.20. The minimum Gasteiger partial charge on any atom is -0.0874 e. The predicted molar refractivity (Wildman–Crippen MR) is 129 cm³/mol. The Hall–Kier alpha value is -1.39. The van der Waals surface area contributed by atoms with E-state index in [1.165, 1.54) is 41.9 Å². The summed E-state index contributed by atoms with van der Waals surface area (Å²) in [6, 6.07) is 26.9. The number of hydrogen-bond acceptors (Lipinski definition) is 1. The molecule has 0 saturated carbocycles. The highest BCUT2D eigenvalue weighted by Crippen LogP contribution is 2.43. The van der Waals surface area contributed by atoms with Gasteiger partial charge in [-0.1, -0.05) is 100 Å². The molecule has 0 aromatic heterocycles. The first kappa shape index (κ1) is 18.9. The van der Waals surface area contributed by atoms with E-state index in [9.17, 15) is 0 Å². The van der Waals surface area contributed by atoms with Crippen molar-refractivity contribution in [2.24, 2.45) is 0 Å². The summed E-state index contributed by atoms with van der Waals surface area (Å²) in [5, 5.41) is 8.43. The van der Waals surface area contributed by atoms with E-state index in [2.05, 4.69) is 99.5 Å². The van der Waals surface area contributed by atoms with E-state index in [4.69, 9.17) is 0 Å². The molecule has 0 fully saturated rings. The Kier molecular flexibility index (Phi) is 5.56. The van der Waals surface area contributed by atoms with Crippen LogP contribution in [0.5, 0.6) is 0 Å². The minimum absolute atomic E-state index is 0.169. The van der Waals surface area contributed by atoms with E-state index < -0.39 is 0 Å². The van der Waals surface area contributed by atoms with Crippen LogP contribution in [0.1, 0.15) is 0 Å². The van der Waals surface area contributed by atoms with E-state index in [-0.39, 0.29) is 15.8 Å². The van der Waals surface area contributed by atoms with Crippen molar-refractivity contribution in [2.75, 3.05) is 26.7 Å². The summed E-state index contributed by atoms with van der Waals surface area (Å²) < 4.78 is 0. The molecule has 136 valence electrons. The Morgan fingerprint density at radius 3 is 1.33 bits per heavy atom. The van der Waals surface area contributed by atoms with E-state index in [0.29, 0.717) is 0 Å². The van der Waals surface area contributed by atoms with Crippen LogP contribution >= 0.6 is 27.6 Å². The summed E-state index contributed by atoms with van der Waals surface area (Å²) in [4.78, 5) is 2.89. The molecule has 0 nitrogen and oxygen atoms in total. The van der Waals surface area contributed by atoms with Gasteiger partial charge in [0.05, 0.1) is 0 Å². The normalized spacial score (nSPS) is 11.8. The van der Waals surface area contributed by atoms with Gasteiger partial charge in [0.15, 0.2) is 0 Å². The average Bonchev–Trinajstić information content (AvgIpc) is 2.68. The summed E-state index contributed by atoms with van der Waals surface area (Å²) >= 11 is 1.99. The minimum atomic E-state index is -0.169. The van der Waals surface area contributed by atoms with E-state index in [1.807, 2.05) is 11.8 Å². The maximum atomic E-state index is 2.36. The lowest BCUT2D eigenvalue weighted by Crippen LogP contribution is -2.08. The molecule has 0 unspecified atom stereocenters. The Labute approximate surface area is 168 Å². The molecule has 0 bridgehead atoms. The van der Waals surface area contributed by atoms with Gasteiger partial charge in [0.25, 0.3) is 0 Å². The third-order valence-corrected chi connectivity index (χ3v) is 9.15. The van der Waals surface area contributed by atoms with E-state index >= 15 is 0 Å². The molecule has 0 amide bonds. The van der Waals surface area contributed by atoms with Gasteiger partial charge in [-0.2, -0.15) is 0 Å². The molecule has 27 heavy (non-hydrogen) atoms. The zero-order chi connectivity index (χ0) is 19.0. The Bertz CT molecular complexity index is 1030. The van der Waals surface area contributed by atoms with E-state index in [1.54, 1.807) is 0 Å². The van der Waals surface area contributed by atoms with Crippen molar-refractivity contribution in [1.29, 1.82) is 0 Å². The van der Waals surface area contributed by atoms with Crippen LogP contribution in [-0.2, 0) is 0 Å². The molecule has 0 aliphatic heterocycles. The standard InChI is InChI=1S/C24H24P2S/c1-25(2)21-15-13-17-9-5-7-11-19(17)23(21)27-24-20-12-8-6-10-18(20)14-16-22(24)26(3)4/h5-16H,1-4H3. The van der Waals surface area contributed by atoms with Crippen LogP contribution in [0.3, 0.4) is 0 Å². The van der Waals surface area contributed by atoms with Crippen LogP contribution in [0, 0.1) is 0 Å². The third-order valence-electron chi connectivity index (χ3n) is 4.89. The number of fused-ring (bicyclic) bond motifs is 2. The molecule has 0 aliphatic carbocycles. The summed E-state index contributed by atoms with van der Waals surface area (Å²) in [5.41, 5.74) is 0. The highest BCUT2D eigenvalue weighted by Gasteiger charge is 2.17. The average molecular weight is 406 g/mol. The zero-order valence-electron chi connectivity index (χ0n) is 16.2. The smallest absolute Gasteiger partial charge is 0.0277 e. The number of rotatable bonds is 4. The van der Waals surface area contributed by atoms with Gasteiger partial charge < -0.3 is 0 Å². The molecule has 4 aromatic rings. The summed E-state index contributed by atoms with van der Waals surface area (Å²) in [7, 11) is -0.339. The molecule has 4 rings (SSSR count). The van der Waals surface area contributed by atoms with Crippen molar-refractivity contribution in [3.63, 3.8) is 0 Å². The SMILES string of the molecule is CP(C)c1ccc2ccccc2c1Sc1c(P(C)C)ccc2ccccc12. The van der Waals surface area contributed by atoms with Crippen LogP contribution < -0.4 is 10.6 Å². The zero-order valence-corrected chi connectivity index (χ0v) is 18.8. The van der Waals surface area contributed by atoms with Crippen LogP contribution in [0.4, 0.5) is 0 Å². The van der Waals surface area contributed by atoms with Crippen LogP contribution in [0.2, 0.25) is 0 Å². The fourth-order valence-corrected chi connectivity index (χ4v) is 7.79. The molecule has 0 atom stereocenters. The quantitative estimate of drug-likeness (QED) is 0.333. The van der Waals surface area contributed by atoms with Gasteiger partial charge in [0.1, 0.15) is 0 Å². The van der Waals surface area contributed by atoms with Crippen LogP contribution in [0.15, 0.2) is 82.6 Å². The molecule has 0 saturated heterocycles. The molecule has 0 spiro atoms. The first-order valence-electron chi connectivity index (χ1n) is 9.12. The van der Waals surface area contributed by atoms with Crippen molar-refractivity contribution in [3.8, 4) is 0 Å². The predicted octanol–water partition coefficient (Wildman–Crippen LogP) is 6.88. The Morgan fingerprint density at radius 1 is 0.519 bits per heavy atom. The van der Waals surface area contributed by atoms with Gasteiger partial charge in [-0.05, 0) is 58.8 Å². The first-order valence-corrected chi connectivity index (χ1v) is 14.4. The van der Waals surface area contributed by atoms with Gasteiger partial charge in [-0.25, -0.2) is 0 Å².